The van der Waals surface area contributed by atoms with Crippen LogP contribution in [0.15, 0.2) is 48.7 Å². The van der Waals surface area contributed by atoms with Gasteiger partial charge in [-0.1, -0.05) is 43.3 Å². The average molecular weight is 201 g/mol. The van der Waals surface area contributed by atoms with E-state index in [0.29, 0.717) is 5.56 Å². The van der Waals surface area contributed by atoms with Gasteiger partial charge in [0.2, 0.25) is 5.95 Å². The van der Waals surface area contributed by atoms with Gasteiger partial charge in [-0.15, -0.1) is 0 Å². The standard InChI is InChI=1S/C13H12FN/c1-10(11-6-3-2-4-7-11)12-8-5-9-15-13(12)14/h2-10H,1H3/t10-/m1/s1. The Kier molecular flexibility index (Phi) is 2.77. The van der Waals surface area contributed by atoms with Crippen molar-refractivity contribution in [1.82, 2.24) is 4.98 Å². The zero-order valence-electron chi connectivity index (χ0n) is 8.52. The Bertz CT molecular complexity index is 439. The number of benzene rings is 1. The number of nitrogens with zero attached hydrogens (tertiary/aromatic N) is 1. The molecule has 76 valence electrons. The molecule has 2 rings (SSSR count). The predicted octanol–water partition coefficient (Wildman–Crippen LogP) is 3.37. The quantitative estimate of drug-likeness (QED) is 0.679. The Balaban J connectivity index is 2.37. The number of hydrogen-bond donors (Lipinski definition) is 0. The second-order valence-electron chi connectivity index (χ2n) is 3.52. The molecule has 0 radical (unpaired) electrons. The highest BCUT2D eigenvalue weighted by Gasteiger charge is 2.12. The first kappa shape index (κ1) is 9.84. The lowest BCUT2D eigenvalue weighted by atomic mass is 9.94. The molecule has 2 aromatic rings. The van der Waals surface area contributed by atoms with Crippen LogP contribution in [0.25, 0.3) is 0 Å². The summed E-state index contributed by atoms with van der Waals surface area (Å²) in [5, 5.41) is 0. The van der Waals surface area contributed by atoms with Crippen LogP contribution < -0.4 is 0 Å². The highest BCUT2D eigenvalue weighted by molar-refractivity contribution is 5.30. The molecule has 1 aromatic heterocycles. The van der Waals surface area contributed by atoms with Gasteiger partial charge < -0.3 is 0 Å². The van der Waals surface area contributed by atoms with E-state index in [2.05, 4.69) is 4.98 Å². The lowest BCUT2D eigenvalue weighted by Gasteiger charge is -2.12. The topological polar surface area (TPSA) is 12.9 Å². The number of aromatic nitrogens is 1. The summed E-state index contributed by atoms with van der Waals surface area (Å²) >= 11 is 0. The first-order chi connectivity index (χ1) is 7.29. The Morgan fingerprint density at radius 2 is 1.80 bits per heavy atom. The van der Waals surface area contributed by atoms with Crippen molar-refractivity contribution in [3.05, 3.63) is 65.7 Å². The number of rotatable bonds is 2. The molecule has 15 heavy (non-hydrogen) atoms. The fraction of sp³-hybridized carbons (Fsp3) is 0.154. The largest absolute Gasteiger partial charge is 0.228 e. The molecule has 0 amide bonds. The predicted molar refractivity (Wildman–Crippen MR) is 58.2 cm³/mol. The minimum Gasteiger partial charge on any atom is -0.228 e. The van der Waals surface area contributed by atoms with Crippen molar-refractivity contribution in [2.24, 2.45) is 0 Å². The zero-order valence-corrected chi connectivity index (χ0v) is 8.52. The molecule has 0 fully saturated rings. The van der Waals surface area contributed by atoms with Crippen molar-refractivity contribution in [2.75, 3.05) is 0 Å². The monoisotopic (exact) mass is 201 g/mol. The molecule has 0 bridgehead atoms. The van der Waals surface area contributed by atoms with E-state index in [4.69, 9.17) is 0 Å². The molecule has 0 saturated heterocycles. The van der Waals surface area contributed by atoms with Crippen LogP contribution in [-0.2, 0) is 0 Å². The molecule has 0 aliphatic heterocycles. The molecule has 1 aromatic carbocycles. The Morgan fingerprint density at radius 1 is 1.07 bits per heavy atom. The van der Waals surface area contributed by atoms with Gasteiger partial charge in [-0.2, -0.15) is 4.39 Å². The third-order valence-corrected chi connectivity index (χ3v) is 2.55. The molecule has 1 nitrogen and oxygen atoms in total. The summed E-state index contributed by atoms with van der Waals surface area (Å²) in [5.41, 5.74) is 1.74. The van der Waals surface area contributed by atoms with Crippen LogP contribution in [0.2, 0.25) is 0 Å². The van der Waals surface area contributed by atoms with Crippen molar-refractivity contribution < 1.29 is 4.39 Å². The summed E-state index contributed by atoms with van der Waals surface area (Å²) in [6.07, 6.45) is 1.47. The minimum absolute atomic E-state index is 0.0416. The average Bonchev–Trinajstić information content (AvgIpc) is 2.30. The van der Waals surface area contributed by atoms with E-state index in [1.165, 1.54) is 6.20 Å². The summed E-state index contributed by atoms with van der Waals surface area (Å²) < 4.78 is 13.4. The summed E-state index contributed by atoms with van der Waals surface area (Å²) in [6, 6.07) is 13.4. The maximum Gasteiger partial charge on any atom is 0.216 e. The van der Waals surface area contributed by atoms with E-state index in [1.807, 2.05) is 37.3 Å². The van der Waals surface area contributed by atoms with Crippen molar-refractivity contribution in [3.8, 4) is 0 Å². The molecule has 1 atom stereocenters. The van der Waals surface area contributed by atoms with E-state index in [1.54, 1.807) is 12.1 Å². The van der Waals surface area contributed by atoms with Gasteiger partial charge in [0.05, 0.1) is 0 Å². The summed E-state index contributed by atoms with van der Waals surface area (Å²) in [6.45, 7) is 1.98. The summed E-state index contributed by atoms with van der Waals surface area (Å²) in [7, 11) is 0. The smallest absolute Gasteiger partial charge is 0.216 e. The van der Waals surface area contributed by atoms with Gasteiger partial charge in [0, 0.05) is 17.7 Å². The van der Waals surface area contributed by atoms with E-state index >= 15 is 0 Å². The number of hydrogen-bond acceptors (Lipinski definition) is 1. The lowest BCUT2D eigenvalue weighted by molar-refractivity contribution is 0.560. The second kappa shape index (κ2) is 4.22. The number of pyridine rings is 1. The lowest BCUT2D eigenvalue weighted by Crippen LogP contribution is -2.00. The molecule has 0 unspecified atom stereocenters. The maximum atomic E-state index is 13.4. The summed E-state index contributed by atoms with van der Waals surface area (Å²) in [4.78, 5) is 3.66. The van der Waals surface area contributed by atoms with Crippen molar-refractivity contribution in [3.63, 3.8) is 0 Å². The maximum absolute atomic E-state index is 13.4. The third-order valence-electron chi connectivity index (χ3n) is 2.55. The molecule has 0 spiro atoms. The van der Waals surface area contributed by atoms with Crippen molar-refractivity contribution in [2.45, 2.75) is 12.8 Å². The van der Waals surface area contributed by atoms with Crippen LogP contribution >= 0.6 is 0 Å². The van der Waals surface area contributed by atoms with Crippen LogP contribution in [0.5, 0.6) is 0 Å². The van der Waals surface area contributed by atoms with E-state index in [0.717, 1.165) is 5.56 Å². The van der Waals surface area contributed by atoms with Gasteiger partial charge in [-0.05, 0) is 11.6 Å². The molecule has 0 saturated carbocycles. The van der Waals surface area contributed by atoms with Gasteiger partial charge in [-0.3, -0.25) is 0 Å². The van der Waals surface area contributed by atoms with Gasteiger partial charge in [-0.25, -0.2) is 4.98 Å². The van der Waals surface area contributed by atoms with E-state index < -0.39 is 0 Å². The van der Waals surface area contributed by atoms with Gasteiger partial charge >= 0.3 is 0 Å². The molecule has 2 heteroatoms. The van der Waals surface area contributed by atoms with Crippen molar-refractivity contribution >= 4 is 0 Å². The fourth-order valence-electron chi connectivity index (χ4n) is 1.64. The first-order valence-electron chi connectivity index (χ1n) is 4.94. The Labute approximate surface area is 88.6 Å². The first-order valence-corrected chi connectivity index (χ1v) is 4.94. The minimum atomic E-state index is -0.381. The molecule has 0 aliphatic carbocycles. The van der Waals surface area contributed by atoms with Gasteiger partial charge in [0.25, 0.3) is 0 Å². The Hall–Kier alpha value is -1.70. The van der Waals surface area contributed by atoms with Crippen molar-refractivity contribution in [1.29, 1.82) is 0 Å². The Morgan fingerprint density at radius 3 is 2.47 bits per heavy atom. The van der Waals surface area contributed by atoms with E-state index in [9.17, 15) is 4.39 Å². The van der Waals surface area contributed by atoms with Gasteiger partial charge in [0.15, 0.2) is 0 Å². The highest BCUT2D eigenvalue weighted by atomic mass is 19.1. The van der Waals surface area contributed by atoms with Crippen LogP contribution in [-0.4, -0.2) is 4.98 Å². The highest BCUT2D eigenvalue weighted by Crippen LogP contribution is 2.24. The van der Waals surface area contributed by atoms with E-state index in [-0.39, 0.29) is 11.9 Å². The zero-order chi connectivity index (χ0) is 10.7. The van der Waals surface area contributed by atoms with Crippen LogP contribution in [0.1, 0.15) is 24.0 Å². The SMILES string of the molecule is C[C@H](c1ccccc1)c1cccnc1F. The van der Waals surface area contributed by atoms with Crippen LogP contribution in [0.4, 0.5) is 4.39 Å². The normalized spacial score (nSPS) is 12.4. The second-order valence-corrected chi connectivity index (χ2v) is 3.52. The molecule has 0 N–H and O–H groups in total. The molecule has 0 aliphatic rings. The molecular weight excluding hydrogens is 189 g/mol. The molecular formula is C13H12FN. The number of halogens is 1. The van der Waals surface area contributed by atoms with Gasteiger partial charge in [0.1, 0.15) is 0 Å². The summed E-state index contributed by atoms with van der Waals surface area (Å²) in [5.74, 6) is -0.339. The molecule has 1 heterocycles. The third kappa shape index (κ3) is 2.04. The fourth-order valence-corrected chi connectivity index (χ4v) is 1.64. The van der Waals surface area contributed by atoms with Crippen LogP contribution in [0.3, 0.4) is 0 Å². The van der Waals surface area contributed by atoms with Crippen LogP contribution in [0, 0.1) is 5.95 Å².